The lowest BCUT2D eigenvalue weighted by atomic mass is 10.1. The van der Waals surface area contributed by atoms with Crippen molar-refractivity contribution in [3.8, 4) is 0 Å². The maximum absolute atomic E-state index is 11.4. The molecule has 90 valence electrons. The Morgan fingerprint density at radius 3 is 2.35 bits per heavy atom. The number of rotatable bonds is 3. The first-order chi connectivity index (χ1) is 8.15. The summed E-state index contributed by atoms with van der Waals surface area (Å²) in [5.41, 5.74) is 2.51. The molecule has 0 bridgehead atoms. The first-order valence-corrected chi connectivity index (χ1v) is 5.48. The van der Waals surface area contributed by atoms with Crippen LogP contribution in [0.5, 0.6) is 0 Å². The van der Waals surface area contributed by atoms with Crippen molar-refractivity contribution in [3.63, 3.8) is 0 Å². The predicted octanol–water partition coefficient (Wildman–Crippen LogP) is 0.538. The van der Waals surface area contributed by atoms with Crippen LogP contribution >= 0.6 is 0 Å². The molecule has 0 aliphatic heterocycles. The van der Waals surface area contributed by atoms with Crippen LogP contribution in [0.15, 0.2) is 24.3 Å². The third-order valence-corrected chi connectivity index (χ3v) is 2.82. The second-order valence-corrected chi connectivity index (χ2v) is 4.10. The molecule has 2 amide bonds. The summed E-state index contributed by atoms with van der Waals surface area (Å²) < 4.78 is 0. The van der Waals surface area contributed by atoms with Crippen molar-refractivity contribution >= 4 is 12.0 Å². The smallest absolute Gasteiger partial charge is 0.405 e. The highest BCUT2D eigenvalue weighted by Crippen LogP contribution is 2.21. The van der Waals surface area contributed by atoms with Gasteiger partial charge in [0, 0.05) is 6.04 Å². The van der Waals surface area contributed by atoms with Gasteiger partial charge >= 0.3 is 6.09 Å². The summed E-state index contributed by atoms with van der Waals surface area (Å²) in [5.74, 6) is -0.287. The molecule has 1 aliphatic rings. The minimum Gasteiger partial charge on any atom is -0.465 e. The highest BCUT2D eigenvalue weighted by atomic mass is 16.4. The van der Waals surface area contributed by atoms with E-state index in [0.717, 1.165) is 12.8 Å². The van der Waals surface area contributed by atoms with Crippen LogP contribution in [0.25, 0.3) is 0 Å². The van der Waals surface area contributed by atoms with Crippen molar-refractivity contribution in [1.82, 2.24) is 10.6 Å². The number of amides is 2. The molecule has 1 aromatic carbocycles. The van der Waals surface area contributed by atoms with Gasteiger partial charge in [-0.2, -0.15) is 0 Å². The minimum absolute atomic E-state index is 0.0792. The van der Waals surface area contributed by atoms with Crippen LogP contribution < -0.4 is 10.6 Å². The molecule has 0 heterocycles. The number of carbonyl (C=O) groups is 2. The Kier molecular flexibility index (Phi) is 3.27. The summed E-state index contributed by atoms with van der Waals surface area (Å²) in [7, 11) is 0. The van der Waals surface area contributed by atoms with Crippen molar-refractivity contribution < 1.29 is 14.7 Å². The van der Waals surface area contributed by atoms with E-state index in [1.54, 1.807) is 0 Å². The fourth-order valence-corrected chi connectivity index (χ4v) is 2.10. The number of fused-ring (bicyclic) bond motifs is 1. The van der Waals surface area contributed by atoms with E-state index in [4.69, 9.17) is 5.11 Å². The number of carboxylic acid groups (broad SMARTS) is 1. The summed E-state index contributed by atoms with van der Waals surface area (Å²) in [4.78, 5) is 21.6. The maximum Gasteiger partial charge on any atom is 0.405 e. The molecular formula is C12H14N2O3. The molecule has 1 aromatic rings. The Bertz CT molecular complexity index is 420. The van der Waals surface area contributed by atoms with Gasteiger partial charge in [0.1, 0.15) is 0 Å². The monoisotopic (exact) mass is 234 g/mol. The van der Waals surface area contributed by atoms with Gasteiger partial charge in [-0.25, -0.2) is 4.79 Å². The number of benzene rings is 1. The Labute approximate surface area is 98.8 Å². The van der Waals surface area contributed by atoms with Gasteiger partial charge in [0.2, 0.25) is 5.91 Å². The second kappa shape index (κ2) is 4.86. The quantitative estimate of drug-likeness (QED) is 0.714. The van der Waals surface area contributed by atoms with Crippen LogP contribution in [-0.4, -0.2) is 29.7 Å². The van der Waals surface area contributed by atoms with Gasteiger partial charge in [-0.1, -0.05) is 24.3 Å². The average Bonchev–Trinajstić information content (AvgIpc) is 2.68. The molecule has 0 radical (unpaired) electrons. The molecule has 0 saturated heterocycles. The summed E-state index contributed by atoms with van der Waals surface area (Å²) in [5, 5.41) is 13.2. The van der Waals surface area contributed by atoms with E-state index in [1.807, 2.05) is 17.4 Å². The van der Waals surface area contributed by atoms with Gasteiger partial charge in [-0.15, -0.1) is 0 Å². The average molecular weight is 234 g/mol. The molecule has 3 N–H and O–H groups in total. The Morgan fingerprint density at radius 2 is 1.82 bits per heavy atom. The normalized spacial score (nSPS) is 14.1. The van der Waals surface area contributed by atoms with E-state index in [9.17, 15) is 9.59 Å². The molecule has 0 fully saturated rings. The van der Waals surface area contributed by atoms with Crippen molar-refractivity contribution in [2.75, 3.05) is 6.54 Å². The van der Waals surface area contributed by atoms with Gasteiger partial charge in [-0.05, 0) is 24.0 Å². The number of carbonyl (C=O) groups excluding carboxylic acids is 1. The van der Waals surface area contributed by atoms with Crippen LogP contribution in [-0.2, 0) is 17.6 Å². The third-order valence-electron chi connectivity index (χ3n) is 2.82. The fraction of sp³-hybridized carbons (Fsp3) is 0.333. The fourth-order valence-electron chi connectivity index (χ4n) is 2.10. The molecule has 5 heteroatoms. The Balaban J connectivity index is 1.83. The lowest BCUT2D eigenvalue weighted by Gasteiger charge is -2.11. The first-order valence-electron chi connectivity index (χ1n) is 5.48. The number of hydrogen-bond donors (Lipinski definition) is 3. The van der Waals surface area contributed by atoms with E-state index in [1.165, 1.54) is 11.1 Å². The number of nitrogens with one attached hydrogen (secondary N) is 2. The van der Waals surface area contributed by atoms with E-state index >= 15 is 0 Å². The zero-order chi connectivity index (χ0) is 12.3. The van der Waals surface area contributed by atoms with Crippen molar-refractivity contribution in [2.45, 2.75) is 18.9 Å². The SMILES string of the molecule is O=C(O)NCC(=O)NC1Cc2ccccc2C1. The van der Waals surface area contributed by atoms with E-state index < -0.39 is 6.09 Å². The Morgan fingerprint density at radius 1 is 1.24 bits per heavy atom. The third kappa shape index (κ3) is 2.96. The zero-order valence-electron chi connectivity index (χ0n) is 9.27. The van der Waals surface area contributed by atoms with Crippen molar-refractivity contribution in [1.29, 1.82) is 0 Å². The summed E-state index contributed by atoms with van der Waals surface area (Å²) >= 11 is 0. The van der Waals surface area contributed by atoms with Gasteiger partial charge in [0.15, 0.2) is 0 Å². The molecule has 1 aliphatic carbocycles. The molecule has 5 nitrogen and oxygen atoms in total. The van der Waals surface area contributed by atoms with Crippen molar-refractivity contribution in [3.05, 3.63) is 35.4 Å². The molecule has 2 rings (SSSR count). The van der Waals surface area contributed by atoms with Gasteiger partial charge < -0.3 is 15.7 Å². The van der Waals surface area contributed by atoms with Gasteiger partial charge in [-0.3, -0.25) is 4.79 Å². The maximum atomic E-state index is 11.4. The Hall–Kier alpha value is -2.04. The first kappa shape index (κ1) is 11.4. The standard InChI is InChI=1S/C12H14N2O3/c15-11(7-13-12(16)17)14-10-5-8-3-1-2-4-9(8)6-10/h1-4,10,13H,5-7H2,(H,14,15)(H,16,17). The summed E-state index contributed by atoms with van der Waals surface area (Å²) in [6.45, 7) is -0.192. The van der Waals surface area contributed by atoms with Crippen molar-refractivity contribution in [2.24, 2.45) is 0 Å². The molecule has 0 atom stereocenters. The molecule has 17 heavy (non-hydrogen) atoms. The molecule has 0 unspecified atom stereocenters. The van der Waals surface area contributed by atoms with Gasteiger partial charge in [0.05, 0.1) is 6.54 Å². The minimum atomic E-state index is -1.19. The highest BCUT2D eigenvalue weighted by Gasteiger charge is 2.22. The van der Waals surface area contributed by atoms with E-state index in [-0.39, 0.29) is 18.5 Å². The van der Waals surface area contributed by atoms with Crippen LogP contribution in [0, 0.1) is 0 Å². The topological polar surface area (TPSA) is 78.4 Å². The van der Waals surface area contributed by atoms with Crippen LogP contribution in [0.1, 0.15) is 11.1 Å². The molecule has 0 saturated carbocycles. The largest absolute Gasteiger partial charge is 0.465 e. The molecule has 0 spiro atoms. The second-order valence-electron chi connectivity index (χ2n) is 4.10. The number of hydrogen-bond acceptors (Lipinski definition) is 2. The van der Waals surface area contributed by atoms with Gasteiger partial charge in [0.25, 0.3) is 0 Å². The summed E-state index contributed by atoms with van der Waals surface area (Å²) in [6.07, 6.45) is 0.444. The zero-order valence-corrected chi connectivity index (χ0v) is 9.27. The lowest BCUT2D eigenvalue weighted by Crippen LogP contribution is -2.42. The van der Waals surface area contributed by atoms with Crippen LogP contribution in [0.4, 0.5) is 4.79 Å². The van der Waals surface area contributed by atoms with Crippen LogP contribution in [0.3, 0.4) is 0 Å². The molecule has 0 aromatic heterocycles. The lowest BCUT2D eigenvalue weighted by molar-refractivity contribution is -0.120. The van der Waals surface area contributed by atoms with E-state index in [2.05, 4.69) is 17.4 Å². The van der Waals surface area contributed by atoms with Crippen LogP contribution in [0.2, 0.25) is 0 Å². The van der Waals surface area contributed by atoms with E-state index in [0.29, 0.717) is 0 Å². The molecular weight excluding hydrogens is 220 g/mol. The highest BCUT2D eigenvalue weighted by molar-refractivity contribution is 5.82. The summed E-state index contributed by atoms with van der Waals surface area (Å²) in [6, 6.07) is 8.15. The predicted molar refractivity (Wildman–Crippen MR) is 61.8 cm³/mol.